The van der Waals surface area contributed by atoms with Crippen molar-refractivity contribution in [2.75, 3.05) is 13.7 Å². The van der Waals surface area contributed by atoms with E-state index in [9.17, 15) is 9.59 Å². The summed E-state index contributed by atoms with van der Waals surface area (Å²) in [5, 5.41) is 0. The molecule has 1 aromatic carbocycles. The molecule has 3 rings (SSSR count). The van der Waals surface area contributed by atoms with Crippen LogP contribution in [0.3, 0.4) is 0 Å². The Kier molecular flexibility index (Phi) is 6.00. The minimum Gasteiger partial charge on any atom is -0.547 e. The molecule has 0 unspecified atom stereocenters. The minimum atomic E-state index is -1.96. The summed E-state index contributed by atoms with van der Waals surface area (Å²) in [5.41, 5.74) is -0.809. The fourth-order valence-corrected chi connectivity index (χ4v) is 4.74. The summed E-state index contributed by atoms with van der Waals surface area (Å²) in [4.78, 5) is 26.4. The van der Waals surface area contributed by atoms with Crippen LogP contribution in [0.15, 0.2) is 48.2 Å². The molecule has 7 heteroatoms. The number of carbonyl (C=O) groups is 2. The van der Waals surface area contributed by atoms with Gasteiger partial charge in [-0.1, -0.05) is 30.3 Å². The molecule has 156 valence electrons. The van der Waals surface area contributed by atoms with Crippen molar-refractivity contribution >= 4 is 25.8 Å². The standard InChI is InChI=1S/C22H28O6Si/c1-6-26-21(24)22-14-16(28-29(3,4)5)12-19(25-2)20(22)17(23)13-18(27-22)15-10-8-7-9-11-15/h7-13,19-20H,6,14H2,1-5H3/t19-,20-,22+/m1/s1. The first-order chi connectivity index (χ1) is 13.7. The molecule has 0 spiro atoms. The first-order valence-corrected chi connectivity index (χ1v) is 13.2. The summed E-state index contributed by atoms with van der Waals surface area (Å²) >= 11 is 0. The Balaban J connectivity index is 2.10. The molecule has 29 heavy (non-hydrogen) atoms. The van der Waals surface area contributed by atoms with Gasteiger partial charge in [-0.25, -0.2) is 4.79 Å². The van der Waals surface area contributed by atoms with Crippen LogP contribution >= 0.6 is 0 Å². The fourth-order valence-electron chi connectivity index (χ4n) is 3.81. The van der Waals surface area contributed by atoms with Gasteiger partial charge in [-0.05, 0) is 32.6 Å². The van der Waals surface area contributed by atoms with E-state index in [1.807, 2.05) is 30.3 Å². The highest BCUT2D eigenvalue weighted by Crippen LogP contribution is 2.46. The van der Waals surface area contributed by atoms with Gasteiger partial charge in [0.2, 0.25) is 13.9 Å². The number of allylic oxidation sites excluding steroid dienone is 1. The van der Waals surface area contributed by atoms with Crippen molar-refractivity contribution in [2.45, 2.75) is 44.7 Å². The van der Waals surface area contributed by atoms with Gasteiger partial charge in [0, 0.05) is 18.7 Å². The molecule has 1 aromatic rings. The zero-order chi connectivity index (χ0) is 21.2. The van der Waals surface area contributed by atoms with Crippen molar-refractivity contribution in [3.05, 3.63) is 53.8 Å². The van der Waals surface area contributed by atoms with Gasteiger partial charge in [0.15, 0.2) is 5.78 Å². The third kappa shape index (κ3) is 4.30. The number of hydrogen-bond acceptors (Lipinski definition) is 6. The van der Waals surface area contributed by atoms with Crippen LogP contribution in [0.5, 0.6) is 0 Å². The van der Waals surface area contributed by atoms with Gasteiger partial charge in [0.1, 0.15) is 11.7 Å². The Bertz CT molecular complexity index is 839. The Hall–Kier alpha value is -2.38. The molecule has 0 radical (unpaired) electrons. The summed E-state index contributed by atoms with van der Waals surface area (Å²) in [6, 6.07) is 9.26. The first kappa shape index (κ1) is 21.3. The number of esters is 1. The summed E-state index contributed by atoms with van der Waals surface area (Å²) < 4.78 is 23.5. The minimum absolute atomic E-state index is 0.122. The zero-order valence-electron chi connectivity index (χ0n) is 17.6. The van der Waals surface area contributed by atoms with E-state index in [2.05, 4.69) is 19.6 Å². The molecule has 0 bridgehead atoms. The highest BCUT2D eigenvalue weighted by Gasteiger charge is 2.60. The van der Waals surface area contributed by atoms with Crippen LogP contribution < -0.4 is 0 Å². The van der Waals surface area contributed by atoms with Crippen LogP contribution in [0.2, 0.25) is 19.6 Å². The van der Waals surface area contributed by atoms with E-state index in [1.165, 1.54) is 13.2 Å². The molecule has 6 nitrogen and oxygen atoms in total. The molecular weight excluding hydrogens is 388 g/mol. The van der Waals surface area contributed by atoms with Crippen LogP contribution in [-0.2, 0) is 28.2 Å². The maximum atomic E-state index is 13.2. The molecule has 0 saturated heterocycles. The predicted molar refractivity (Wildman–Crippen MR) is 111 cm³/mol. The molecule has 0 aromatic heterocycles. The quantitative estimate of drug-likeness (QED) is 0.520. The van der Waals surface area contributed by atoms with Gasteiger partial charge in [-0.15, -0.1) is 0 Å². The van der Waals surface area contributed by atoms with Crippen LogP contribution in [0.25, 0.3) is 5.76 Å². The average molecular weight is 417 g/mol. The third-order valence-electron chi connectivity index (χ3n) is 4.88. The molecule has 0 N–H and O–H groups in total. The summed E-state index contributed by atoms with van der Waals surface area (Å²) in [6.07, 6.45) is 2.71. The Morgan fingerprint density at radius 3 is 2.52 bits per heavy atom. The molecule has 0 amide bonds. The lowest BCUT2D eigenvalue weighted by Crippen LogP contribution is -2.60. The monoisotopic (exact) mass is 416 g/mol. The normalized spacial score (nSPS) is 26.6. The van der Waals surface area contributed by atoms with Crippen molar-refractivity contribution in [2.24, 2.45) is 5.92 Å². The predicted octanol–water partition coefficient (Wildman–Crippen LogP) is 3.70. The van der Waals surface area contributed by atoms with Crippen LogP contribution in [0.4, 0.5) is 0 Å². The third-order valence-corrected chi connectivity index (χ3v) is 5.75. The van der Waals surface area contributed by atoms with Crippen LogP contribution in [-0.4, -0.2) is 45.5 Å². The van der Waals surface area contributed by atoms with E-state index in [1.54, 1.807) is 13.0 Å². The van der Waals surface area contributed by atoms with E-state index < -0.39 is 31.9 Å². The van der Waals surface area contributed by atoms with E-state index >= 15 is 0 Å². The lowest BCUT2D eigenvalue weighted by atomic mass is 9.72. The number of carbonyl (C=O) groups excluding carboxylic acids is 2. The van der Waals surface area contributed by atoms with Gasteiger partial charge < -0.3 is 18.6 Å². The molecule has 0 fully saturated rings. The van der Waals surface area contributed by atoms with Gasteiger partial charge in [-0.2, -0.15) is 0 Å². The van der Waals surface area contributed by atoms with E-state index in [-0.39, 0.29) is 18.8 Å². The second-order valence-corrected chi connectivity index (χ2v) is 12.6. The van der Waals surface area contributed by atoms with Crippen molar-refractivity contribution in [3.8, 4) is 0 Å². The topological polar surface area (TPSA) is 71.1 Å². The zero-order valence-corrected chi connectivity index (χ0v) is 18.6. The fraction of sp³-hybridized carbons (Fsp3) is 0.455. The molecule has 0 saturated carbocycles. The maximum Gasteiger partial charge on any atom is 0.351 e. The number of benzene rings is 1. The second kappa shape index (κ2) is 8.16. The highest BCUT2D eigenvalue weighted by atomic mass is 28.4. The molecular formula is C22H28O6Si. The van der Waals surface area contributed by atoms with Gasteiger partial charge in [0.25, 0.3) is 0 Å². The summed E-state index contributed by atoms with van der Waals surface area (Å²) in [7, 11) is -0.447. The Morgan fingerprint density at radius 2 is 1.93 bits per heavy atom. The van der Waals surface area contributed by atoms with Gasteiger partial charge >= 0.3 is 5.97 Å². The molecule has 2 aliphatic rings. The summed E-state index contributed by atoms with van der Waals surface area (Å²) in [6.45, 7) is 8.08. The highest BCUT2D eigenvalue weighted by molar-refractivity contribution is 6.70. The van der Waals surface area contributed by atoms with Crippen molar-refractivity contribution in [1.82, 2.24) is 0 Å². The molecule has 1 aliphatic heterocycles. The van der Waals surface area contributed by atoms with Gasteiger partial charge in [-0.3, -0.25) is 4.79 Å². The van der Waals surface area contributed by atoms with Crippen LogP contribution in [0, 0.1) is 5.92 Å². The lowest BCUT2D eigenvalue weighted by Gasteiger charge is -2.46. The van der Waals surface area contributed by atoms with Crippen LogP contribution in [0.1, 0.15) is 18.9 Å². The largest absolute Gasteiger partial charge is 0.547 e. The number of fused-ring (bicyclic) bond motifs is 1. The molecule has 1 heterocycles. The van der Waals surface area contributed by atoms with E-state index in [4.69, 9.17) is 18.6 Å². The second-order valence-electron chi connectivity index (χ2n) is 8.19. The SMILES string of the molecule is CCOC(=O)[C@]12CC(O[Si](C)(C)C)=C[C@@H](OC)[C@H]1C(=O)C=C(c1ccccc1)O2. The Morgan fingerprint density at radius 1 is 1.24 bits per heavy atom. The molecule has 1 aliphatic carbocycles. The number of ether oxygens (including phenoxy) is 3. The van der Waals surface area contributed by atoms with Crippen molar-refractivity contribution in [1.29, 1.82) is 0 Å². The average Bonchev–Trinajstić information content (AvgIpc) is 2.66. The smallest absolute Gasteiger partial charge is 0.351 e. The first-order valence-electron chi connectivity index (χ1n) is 9.80. The van der Waals surface area contributed by atoms with Crippen molar-refractivity contribution < 1.29 is 28.2 Å². The lowest BCUT2D eigenvalue weighted by molar-refractivity contribution is -0.181. The maximum absolute atomic E-state index is 13.2. The van der Waals surface area contributed by atoms with E-state index in [0.717, 1.165) is 5.56 Å². The van der Waals surface area contributed by atoms with Gasteiger partial charge in [0.05, 0.1) is 24.9 Å². The number of hydrogen-bond donors (Lipinski definition) is 0. The number of ketones is 1. The van der Waals surface area contributed by atoms with Crippen molar-refractivity contribution in [3.63, 3.8) is 0 Å². The summed E-state index contributed by atoms with van der Waals surface area (Å²) in [5.74, 6) is -0.690. The number of methoxy groups -OCH3 is 1. The van der Waals surface area contributed by atoms with E-state index in [0.29, 0.717) is 11.5 Å². The Labute approximate surface area is 172 Å². The number of rotatable bonds is 6. The molecule has 3 atom stereocenters.